The molecule has 3 aromatic rings. The number of benzene rings is 2. The predicted molar refractivity (Wildman–Crippen MR) is 95.5 cm³/mol. The molecule has 4 nitrogen and oxygen atoms in total. The van der Waals surface area contributed by atoms with E-state index in [1.165, 1.54) is 0 Å². The standard InChI is InChI=1S/C19H18ClNO3/c1-4-24-19(22)18-12(2)21(14-7-5-13(20)6-8-14)17-10-9-15(23-3)11-16(17)18/h5-11H,4H2,1-3H3. The van der Waals surface area contributed by atoms with Crippen LogP contribution >= 0.6 is 11.6 Å². The van der Waals surface area contributed by atoms with Gasteiger partial charge in [0.1, 0.15) is 5.75 Å². The van der Waals surface area contributed by atoms with Crippen LogP contribution in [0.25, 0.3) is 16.6 Å². The summed E-state index contributed by atoms with van der Waals surface area (Å²) < 4.78 is 12.6. The van der Waals surface area contributed by atoms with E-state index in [9.17, 15) is 4.79 Å². The van der Waals surface area contributed by atoms with Gasteiger partial charge in [-0.3, -0.25) is 0 Å². The van der Waals surface area contributed by atoms with E-state index in [4.69, 9.17) is 21.1 Å². The molecular formula is C19H18ClNO3. The number of nitrogens with zero attached hydrogens (tertiary/aromatic N) is 1. The summed E-state index contributed by atoms with van der Waals surface area (Å²) in [4.78, 5) is 12.5. The third-order valence-corrected chi connectivity index (χ3v) is 4.23. The lowest BCUT2D eigenvalue weighted by Crippen LogP contribution is -2.07. The first-order chi connectivity index (χ1) is 11.6. The molecule has 0 aliphatic rings. The minimum absolute atomic E-state index is 0.329. The molecule has 0 amide bonds. The number of hydrogen-bond acceptors (Lipinski definition) is 3. The van der Waals surface area contributed by atoms with Gasteiger partial charge in [0.2, 0.25) is 0 Å². The summed E-state index contributed by atoms with van der Waals surface area (Å²) in [5, 5.41) is 1.47. The zero-order valence-electron chi connectivity index (χ0n) is 13.8. The van der Waals surface area contributed by atoms with Crippen LogP contribution in [0.2, 0.25) is 5.02 Å². The SMILES string of the molecule is CCOC(=O)c1c(C)n(-c2ccc(Cl)cc2)c2ccc(OC)cc12. The van der Waals surface area contributed by atoms with Crippen molar-refractivity contribution in [3.05, 3.63) is 58.7 Å². The Kier molecular flexibility index (Phi) is 4.49. The molecule has 1 heterocycles. The van der Waals surface area contributed by atoms with Crippen molar-refractivity contribution in [3.63, 3.8) is 0 Å². The maximum Gasteiger partial charge on any atom is 0.340 e. The summed E-state index contributed by atoms with van der Waals surface area (Å²) in [7, 11) is 1.61. The van der Waals surface area contributed by atoms with Crippen LogP contribution < -0.4 is 4.74 Å². The van der Waals surface area contributed by atoms with Crippen LogP contribution in [0.1, 0.15) is 23.0 Å². The van der Waals surface area contributed by atoms with Gasteiger partial charge in [-0.25, -0.2) is 4.79 Å². The molecule has 3 rings (SSSR count). The number of carbonyl (C=O) groups excluding carboxylic acids is 1. The third kappa shape index (κ3) is 2.74. The van der Waals surface area contributed by atoms with E-state index in [0.717, 1.165) is 22.3 Å². The van der Waals surface area contributed by atoms with E-state index in [1.54, 1.807) is 14.0 Å². The minimum atomic E-state index is -0.332. The van der Waals surface area contributed by atoms with Gasteiger partial charge in [-0.05, 0) is 56.3 Å². The van der Waals surface area contributed by atoms with E-state index in [-0.39, 0.29) is 5.97 Å². The van der Waals surface area contributed by atoms with Crippen molar-refractivity contribution in [1.82, 2.24) is 4.57 Å². The summed E-state index contributed by atoms with van der Waals surface area (Å²) in [5.74, 6) is 0.363. The fraction of sp³-hybridized carbons (Fsp3) is 0.211. The van der Waals surface area contributed by atoms with Gasteiger partial charge in [0, 0.05) is 21.8 Å². The average molecular weight is 344 g/mol. The molecule has 0 radical (unpaired) electrons. The van der Waals surface area contributed by atoms with Crippen LogP contribution in [0.15, 0.2) is 42.5 Å². The van der Waals surface area contributed by atoms with Crippen molar-refractivity contribution >= 4 is 28.5 Å². The Balaban J connectivity index is 2.31. The molecule has 5 heteroatoms. The van der Waals surface area contributed by atoms with Crippen LogP contribution in [0, 0.1) is 6.92 Å². The van der Waals surface area contributed by atoms with Gasteiger partial charge in [-0.2, -0.15) is 0 Å². The number of fused-ring (bicyclic) bond motifs is 1. The fourth-order valence-corrected chi connectivity index (χ4v) is 3.03. The molecule has 1 aromatic heterocycles. The Morgan fingerprint density at radius 3 is 2.50 bits per heavy atom. The molecule has 0 fully saturated rings. The molecule has 24 heavy (non-hydrogen) atoms. The smallest absolute Gasteiger partial charge is 0.340 e. The molecule has 124 valence electrons. The Morgan fingerprint density at radius 2 is 1.88 bits per heavy atom. The van der Waals surface area contributed by atoms with Crippen molar-refractivity contribution in [3.8, 4) is 11.4 Å². The first kappa shape index (κ1) is 16.4. The second kappa shape index (κ2) is 6.57. The maximum atomic E-state index is 12.5. The van der Waals surface area contributed by atoms with Crippen LogP contribution in [-0.2, 0) is 4.74 Å². The Labute approximate surface area is 145 Å². The van der Waals surface area contributed by atoms with Gasteiger partial charge < -0.3 is 14.0 Å². The Bertz CT molecular complexity index is 897. The molecule has 0 aliphatic carbocycles. The molecule has 0 atom stereocenters. The van der Waals surface area contributed by atoms with E-state index in [0.29, 0.717) is 22.9 Å². The molecule has 0 saturated carbocycles. The highest BCUT2D eigenvalue weighted by molar-refractivity contribution is 6.30. The number of esters is 1. The van der Waals surface area contributed by atoms with Crippen molar-refractivity contribution in [1.29, 1.82) is 0 Å². The van der Waals surface area contributed by atoms with Gasteiger partial charge in [0.15, 0.2) is 0 Å². The first-order valence-electron chi connectivity index (χ1n) is 7.69. The minimum Gasteiger partial charge on any atom is -0.497 e. The zero-order chi connectivity index (χ0) is 17.3. The van der Waals surface area contributed by atoms with E-state index in [1.807, 2.05) is 54.0 Å². The highest BCUT2D eigenvalue weighted by Crippen LogP contribution is 2.32. The normalized spacial score (nSPS) is 10.8. The molecule has 0 saturated heterocycles. The van der Waals surface area contributed by atoms with E-state index >= 15 is 0 Å². The van der Waals surface area contributed by atoms with Crippen LogP contribution in [0.4, 0.5) is 0 Å². The van der Waals surface area contributed by atoms with Crippen LogP contribution in [-0.4, -0.2) is 24.3 Å². The van der Waals surface area contributed by atoms with Gasteiger partial charge in [-0.15, -0.1) is 0 Å². The van der Waals surface area contributed by atoms with Crippen molar-refractivity contribution in [2.75, 3.05) is 13.7 Å². The van der Waals surface area contributed by atoms with Gasteiger partial charge in [0.05, 0.1) is 24.8 Å². The molecular weight excluding hydrogens is 326 g/mol. The monoisotopic (exact) mass is 343 g/mol. The molecule has 0 N–H and O–H groups in total. The highest BCUT2D eigenvalue weighted by atomic mass is 35.5. The number of aromatic nitrogens is 1. The highest BCUT2D eigenvalue weighted by Gasteiger charge is 2.22. The number of hydrogen-bond donors (Lipinski definition) is 0. The lowest BCUT2D eigenvalue weighted by Gasteiger charge is -2.09. The van der Waals surface area contributed by atoms with Gasteiger partial charge in [0.25, 0.3) is 0 Å². The molecule has 0 spiro atoms. The van der Waals surface area contributed by atoms with Crippen LogP contribution in [0.5, 0.6) is 5.75 Å². The van der Waals surface area contributed by atoms with Gasteiger partial charge in [-0.1, -0.05) is 11.6 Å². The zero-order valence-corrected chi connectivity index (χ0v) is 14.6. The predicted octanol–water partition coefficient (Wildman–Crippen LogP) is 4.78. The van der Waals surface area contributed by atoms with Crippen LogP contribution in [0.3, 0.4) is 0 Å². The number of halogens is 1. The third-order valence-electron chi connectivity index (χ3n) is 3.98. The van der Waals surface area contributed by atoms with Crippen molar-refractivity contribution < 1.29 is 14.3 Å². The summed E-state index contributed by atoms with van der Waals surface area (Å²) in [5.41, 5.74) is 3.22. The quantitative estimate of drug-likeness (QED) is 0.640. The second-order valence-corrected chi connectivity index (χ2v) is 5.81. The first-order valence-corrected chi connectivity index (χ1v) is 8.06. The molecule has 0 unspecified atom stereocenters. The summed E-state index contributed by atoms with van der Waals surface area (Å²) in [6.07, 6.45) is 0. The largest absolute Gasteiger partial charge is 0.497 e. The average Bonchev–Trinajstić information content (AvgIpc) is 2.87. The number of methoxy groups -OCH3 is 1. The van der Waals surface area contributed by atoms with Crippen molar-refractivity contribution in [2.24, 2.45) is 0 Å². The number of ether oxygens (including phenoxy) is 2. The number of carbonyl (C=O) groups is 1. The van der Waals surface area contributed by atoms with Gasteiger partial charge >= 0.3 is 5.97 Å². The Morgan fingerprint density at radius 1 is 1.17 bits per heavy atom. The summed E-state index contributed by atoms with van der Waals surface area (Å²) >= 11 is 5.99. The lowest BCUT2D eigenvalue weighted by atomic mass is 10.1. The summed E-state index contributed by atoms with van der Waals surface area (Å²) in [6.45, 7) is 4.04. The molecule has 0 aliphatic heterocycles. The molecule has 0 bridgehead atoms. The Hall–Kier alpha value is -2.46. The number of rotatable bonds is 4. The van der Waals surface area contributed by atoms with Crippen molar-refractivity contribution in [2.45, 2.75) is 13.8 Å². The second-order valence-electron chi connectivity index (χ2n) is 5.38. The fourth-order valence-electron chi connectivity index (χ4n) is 2.91. The molecule has 2 aromatic carbocycles. The van der Waals surface area contributed by atoms with E-state index < -0.39 is 0 Å². The summed E-state index contributed by atoms with van der Waals surface area (Å²) in [6, 6.07) is 13.2. The maximum absolute atomic E-state index is 12.5. The topological polar surface area (TPSA) is 40.5 Å². The van der Waals surface area contributed by atoms with E-state index in [2.05, 4.69) is 0 Å². The lowest BCUT2D eigenvalue weighted by molar-refractivity contribution is 0.0527.